The summed E-state index contributed by atoms with van der Waals surface area (Å²) in [4.78, 5) is 15.2. The number of nitrogens with zero attached hydrogens (tertiary/aromatic N) is 1. The van der Waals surface area contributed by atoms with Gasteiger partial charge in [0.15, 0.2) is 9.84 Å². The fourth-order valence-electron chi connectivity index (χ4n) is 1.17. The van der Waals surface area contributed by atoms with Crippen LogP contribution in [-0.4, -0.2) is 29.7 Å². The van der Waals surface area contributed by atoms with Gasteiger partial charge in [0, 0.05) is 6.08 Å². The fourth-order valence-corrected chi connectivity index (χ4v) is 3.40. The fraction of sp³-hybridized carbons (Fsp3) is 0.455. The third-order valence-corrected chi connectivity index (χ3v) is 5.71. The normalized spacial score (nSPS) is 12.4. The summed E-state index contributed by atoms with van der Waals surface area (Å²) in [6.07, 6.45) is 2.45. The topological polar surface area (TPSA) is 84.3 Å². The van der Waals surface area contributed by atoms with Crippen LogP contribution in [0.3, 0.4) is 0 Å². The van der Waals surface area contributed by atoms with Gasteiger partial charge >= 0.3 is 5.97 Å². The van der Waals surface area contributed by atoms with Crippen LogP contribution in [0.1, 0.15) is 29.4 Å². The molecule has 0 fully saturated rings. The first kappa shape index (κ1) is 14.8. The summed E-state index contributed by atoms with van der Waals surface area (Å²) < 4.78 is 23.5. The largest absolute Gasteiger partial charge is 0.478 e. The van der Waals surface area contributed by atoms with E-state index in [1.165, 1.54) is 17.4 Å². The van der Waals surface area contributed by atoms with Crippen LogP contribution in [0.4, 0.5) is 0 Å². The second-order valence-electron chi connectivity index (χ2n) is 4.08. The Hall–Kier alpha value is -1.21. The highest BCUT2D eigenvalue weighted by atomic mass is 32.2. The summed E-state index contributed by atoms with van der Waals surface area (Å²) in [7, 11) is -3.18. The SMILES string of the molecule is Cc1nc(CS(=O)(=O)C(C)C)sc1/C=C/C(=O)O. The van der Waals surface area contributed by atoms with Crippen molar-refractivity contribution in [1.29, 1.82) is 0 Å². The Morgan fingerprint density at radius 1 is 1.50 bits per heavy atom. The van der Waals surface area contributed by atoms with Gasteiger partial charge in [0.1, 0.15) is 10.8 Å². The Morgan fingerprint density at radius 3 is 2.61 bits per heavy atom. The molecule has 1 rings (SSSR count). The summed E-state index contributed by atoms with van der Waals surface area (Å²) in [5, 5.41) is 8.58. The molecule has 0 aliphatic carbocycles. The number of carboxylic acid groups (broad SMARTS) is 1. The first-order valence-electron chi connectivity index (χ1n) is 5.31. The van der Waals surface area contributed by atoms with Gasteiger partial charge in [-0.05, 0) is 26.8 Å². The lowest BCUT2D eigenvalue weighted by molar-refractivity contribution is -0.131. The van der Waals surface area contributed by atoms with Crippen LogP contribution >= 0.6 is 11.3 Å². The van der Waals surface area contributed by atoms with E-state index in [0.717, 1.165) is 6.08 Å². The molecular formula is C11H15NO4S2. The second-order valence-corrected chi connectivity index (χ2v) is 7.76. The number of aromatic nitrogens is 1. The molecule has 0 radical (unpaired) electrons. The predicted octanol–water partition coefficient (Wildman–Crippen LogP) is 1.87. The molecule has 5 nitrogen and oxygen atoms in total. The molecule has 1 aromatic rings. The van der Waals surface area contributed by atoms with Crippen molar-refractivity contribution in [2.75, 3.05) is 0 Å². The Labute approximate surface area is 110 Å². The van der Waals surface area contributed by atoms with Gasteiger partial charge in [0.2, 0.25) is 0 Å². The van der Waals surface area contributed by atoms with Crippen LogP contribution in [-0.2, 0) is 20.4 Å². The molecule has 0 spiro atoms. The Kier molecular flexibility index (Phi) is 4.64. The molecule has 0 unspecified atom stereocenters. The number of hydrogen-bond donors (Lipinski definition) is 1. The van der Waals surface area contributed by atoms with E-state index >= 15 is 0 Å². The molecule has 1 heterocycles. The molecule has 0 aliphatic heterocycles. The summed E-state index contributed by atoms with van der Waals surface area (Å²) in [6.45, 7) is 4.98. The van der Waals surface area contributed by atoms with Crippen molar-refractivity contribution < 1.29 is 18.3 Å². The summed E-state index contributed by atoms with van der Waals surface area (Å²) >= 11 is 1.21. The van der Waals surface area contributed by atoms with Gasteiger partial charge < -0.3 is 5.11 Å². The molecular weight excluding hydrogens is 274 g/mol. The molecule has 0 atom stereocenters. The molecule has 0 aromatic carbocycles. The highest BCUT2D eigenvalue weighted by molar-refractivity contribution is 7.91. The van der Waals surface area contributed by atoms with E-state index in [1.807, 2.05) is 0 Å². The maximum absolute atomic E-state index is 11.7. The van der Waals surface area contributed by atoms with E-state index < -0.39 is 21.1 Å². The van der Waals surface area contributed by atoms with Crippen molar-refractivity contribution in [2.45, 2.75) is 31.8 Å². The number of aliphatic carboxylic acids is 1. The lowest BCUT2D eigenvalue weighted by Crippen LogP contribution is -2.15. The minimum atomic E-state index is -3.18. The number of carbonyl (C=O) groups is 1. The predicted molar refractivity (Wildman–Crippen MR) is 71.3 cm³/mol. The third-order valence-electron chi connectivity index (χ3n) is 2.30. The molecule has 18 heavy (non-hydrogen) atoms. The van der Waals surface area contributed by atoms with E-state index in [-0.39, 0.29) is 5.75 Å². The van der Waals surface area contributed by atoms with Crippen LogP contribution in [0.15, 0.2) is 6.08 Å². The maximum atomic E-state index is 11.7. The molecule has 0 bridgehead atoms. The van der Waals surface area contributed by atoms with Crippen LogP contribution in [0.5, 0.6) is 0 Å². The van der Waals surface area contributed by atoms with Crippen LogP contribution in [0.2, 0.25) is 0 Å². The molecule has 7 heteroatoms. The summed E-state index contributed by atoms with van der Waals surface area (Å²) in [5.41, 5.74) is 0.645. The average molecular weight is 289 g/mol. The van der Waals surface area contributed by atoms with Crippen molar-refractivity contribution in [3.8, 4) is 0 Å². The first-order chi connectivity index (χ1) is 8.22. The van der Waals surface area contributed by atoms with Gasteiger partial charge in [-0.25, -0.2) is 18.2 Å². The van der Waals surface area contributed by atoms with E-state index in [4.69, 9.17) is 5.11 Å². The Balaban J connectivity index is 2.95. The molecule has 0 amide bonds. The number of hydrogen-bond acceptors (Lipinski definition) is 5. The molecule has 1 N–H and O–H groups in total. The molecule has 0 aliphatic rings. The average Bonchev–Trinajstić information content (AvgIpc) is 2.54. The highest BCUT2D eigenvalue weighted by Gasteiger charge is 2.19. The summed E-state index contributed by atoms with van der Waals surface area (Å²) in [6, 6.07) is 0. The zero-order valence-electron chi connectivity index (χ0n) is 10.4. The number of rotatable bonds is 5. The van der Waals surface area contributed by atoms with Crippen molar-refractivity contribution in [3.05, 3.63) is 21.7 Å². The zero-order chi connectivity index (χ0) is 13.9. The van der Waals surface area contributed by atoms with Crippen LogP contribution in [0.25, 0.3) is 6.08 Å². The lowest BCUT2D eigenvalue weighted by atomic mass is 10.3. The highest BCUT2D eigenvalue weighted by Crippen LogP contribution is 2.22. The molecule has 100 valence electrons. The Bertz CT molecular complexity index is 570. The Morgan fingerprint density at radius 2 is 2.11 bits per heavy atom. The molecule has 0 saturated heterocycles. The van der Waals surface area contributed by atoms with Crippen molar-refractivity contribution in [3.63, 3.8) is 0 Å². The van der Waals surface area contributed by atoms with Crippen molar-refractivity contribution >= 4 is 33.2 Å². The number of sulfone groups is 1. The molecule has 1 aromatic heterocycles. The van der Waals surface area contributed by atoms with E-state index in [2.05, 4.69) is 4.98 Å². The number of carboxylic acids is 1. The quantitative estimate of drug-likeness (QED) is 0.836. The first-order valence-corrected chi connectivity index (χ1v) is 7.84. The third kappa shape index (κ3) is 3.92. The van der Waals surface area contributed by atoms with Gasteiger partial charge in [0.05, 0.1) is 15.8 Å². The van der Waals surface area contributed by atoms with Gasteiger partial charge in [-0.1, -0.05) is 0 Å². The molecule has 0 saturated carbocycles. The van der Waals surface area contributed by atoms with Crippen LogP contribution < -0.4 is 0 Å². The van der Waals surface area contributed by atoms with Gasteiger partial charge in [-0.15, -0.1) is 11.3 Å². The summed E-state index contributed by atoms with van der Waals surface area (Å²) in [5.74, 6) is -1.14. The number of aryl methyl sites for hydroxylation is 1. The van der Waals surface area contributed by atoms with Gasteiger partial charge in [0.25, 0.3) is 0 Å². The number of thiazole rings is 1. The minimum absolute atomic E-state index is 0.100. The van der Waals surface area contributed by atoms with E-state index in [9.17, 15) is 13.2 Å². The van der Waals surface area contributed by atoms with E-state index in [0.29, 0.717) is 15.6 Å². The van der Waals surface area contributed by atoms with Crippen molar-refractivity contribution in [1.82, 2.24) is 4.98 Å². The van der Waals surface area contributed by atoms with Crippen LogP contribution in [0, 0.1) is 6.92 Å². The van der Waals surface area contributed by atoms with E-state index in [1.54, 1.807) is 20.8 Å². The van der Waals surface area contributed by atoms with Gasteiger partial charge in [-0.2, -0.15) is 0 Å². The maximum Gasteiger partial charge on any atom is 0.328 e. The monoisotopic (exact) mass is 289 g/mol. The zero-order valence-corrected chi connectivity index (χ0v) is 12.0. The lowest BCUT2D eigenvalue weighted by Gasteiger charge is -2.04. The second kappa shape index (κ2) is 5.62. The standard InChI is InChI=1S/C11H15NO4S2/c1-7(2)18(15,16)6-10-12-8(3)9(17-10)4-5-11(13)14/h4-5,7H,6H2,1-3H3,(H,13,14)/b5-4+. The smallest absolute Gasteiger partial charge is 0.328 e. The van der Waals surface area contributed by atoms with Gasteiger partial charge in [-0.3, -0.25) is 0 Å². The minimum Gasteiger partial charge on any atom is -0.478 e. The van der Waals surface area contributed by atoms with Crippen molar-refractivity contribution in [2.24, 2.45) is 0 Å².